The zero-order chi connectivity index (χ0) is 19.1. The monoisotopic (exact) mass is 363 g/mol. The van der Waals surface area contributed by atoms with Gasteiger partial charge in [-0.3, -0.25) is 0 Å². The fourth-order valence-corrected chi connectivity index (χ4v) is 2.26. The second kappa shape index (κ2) is 8.57. The number of rotatable bonds is 6. The van der Waals surface area contributed by atoms with Crippen molar-refractivity contribution >= 4 is 17.8 Å². The van der Waals surface area contributed by atoms with Crippen LogP contribution in [-0.4, -0.2) is 22.1 Å². The van der Waals surface area contributed by atoms with Gasteiger partial charge in [0.25, 0.3) is 0 Å². The van der Waals surface area contributed by atoms with Crippen LogP contribution in [0.4, 0.5) is 5.82 Å². The molecule has 0 amide bonds. The molecule has 0 saturated carbocycles. The zero-order valence-electron chi connectivity index (χ0n) is 14.4. The van der Waals surface area contributed by atoms with E-state index in [1.165, 1.54) is 6.07 Å². The van der Waals surface area contributed by atoms with Crippen molar-refractivity contribution in [3.8, 4) is 0 Å². The highest BCUT2D eigenvalue weighted by atomic mass is 16.5. The number of carbonyl (C=O) groups excluding carboxylic acids is 2. The standard InChI is InChI=1S/C20H17N3O4/c21-18-16(19(24)26-12-14-7-3-1-4-8-14)11-17(22-23-18)20(25)27-13-15-9-5-2-6-10-15/h1-11H,12-13H2,(H2,21,23). The second-order valence-electron chi connectivity index (χ2n) is 5.65. The predicted octanol–water partition coefficient (Wildman–Crippen LogP) is 2.77. The Kier molecular flexibility index (Phi) is 5.73. The Morgan fingerprint density at radius 2 is 1.30 bits per heavy atom. The van der Waals surface area contributed by atoms with E-state index in [1.54, 1.807) is 0 Å². The van der Waals surface area contributed by atoms with Gasteiger partial charge in [0.15, 0.2) is 11.5 Å². The first kappa shape index (κ1) is 18.1. The second-order valence-corrected chi connectivity index (χ2v) is 5.65. The lowest BCUT2D eigenvalue weighted by atomic mass is 10.2. The summed E-state index contributed by atoms with van der Waals surface area (Å²) in [6.07, 6.45) is 0. The van der Waals surface area contributed by atoms with E-state index in [-0.39, 0.29) is 30.3 Å². The highest BCUT2D eigenvalue weighted by Crippen LogP contribution is 2.13. The summed E-state index contributed by atoms with van der Waals surface area (Å²) < 4.78 is 10.4. The number of anilines is 1. The van der Waals surface area contributed by atoms with Crippen LogP contribution in [0.1, 0.15) is 32.0 Å². The van der Waals surface area contributed by atoms with Crippen LogP contribution in [0.25, 0.3) is 0 Å². The molecule has 0 unspecified atom stereocenters. The first-order valence-corrected chi connectivity index (χ1v) is 8.19. The van der Waals surface area contributed by atoms with Crippen molar-refractivity contribution in [2.45, 2.75) is 13.2 Å². The molecule has 0 aliphatic rings. The van der Waals surface area contributed by atoms with Crippen molar-refractivity contribution in [3.05, 3.63) is 89.1 Å². The van der Waals surface area contributed by atoms with E-state index in [2.05, 4.69) is 10.2 Å². The lowest BCUT2D eigenvalue weighted by molar-refractivity contribution is 0.0463. The fourth-order valence-electron chi connectivity index (χ4n) is 2.26. The number of nitrogen functional groups attached to an aromatic ring is 1. The quantitative estimate of drug-likeness (QED) is 0.671. The summed E-state index contributed by atoms with van der Waals surface area (Å²) in [5, 5.41) is 7.35. The summed E-state index contributed by atoms with van der Waals surface area (Å²) >= 11 is 0. The summed E-state index contributed by atoms with van der Waals surface area (Å²) in [5.74, 6) is -1.51. The number of hydrogen-bond acceptors (Lipinski definition) is 7. The molecule has 0 fully saturated rings. The number of benzene rings is 2. The summed E-state index contributed by atoms with van der Waals surface area (Å²) in [4.78, 5) is 24.4. The van der Waals surface area contributed by atoms with E-state index in [9.17, 15) is 9.59 Å². The van der Waals surface area contributed by atoms with Gasteiger partial charge in [-0.05, 0) is 17.2 Å². The SMILES string of the molecule is Nc1nnc(C(=O)OCc2ccccc2)cc1C(=O)OCc1ccccc1. The highest BCUT2D eigenvalue weighted by molar-refractivity contribution is 5.97. The third-order valence-corrected chi connectivity index (χ3v) is 3.68. The molecule has 0 aliphatic carbocycles. The van der Waals surface area contributed by atoms with Gasteiger partial charge in [0.2, 0.25) is 0 Å². The first-order chi connectivity index (χ1) is 13.1. The molecule has 0 aliphatic heterocycles. The Morgan fingerprint density at radius 3 is 1.85 bits per heavy atom. The van der Waals surface area contributed by atoms with E-state index < -0.39 is 11.9 Å². The topological polar surface area (TPSA) is 104 Å². The van der Waals surface area contributed by atoms with Crippen LogP contribution in [0.3, 0.4) is 0 Å². The Hall–Kier alpha value is -3.74. The molecule has 2 aromatic carbocycles. The molecule has 1 heterocycles. The smallest absolute Gasteiger partial charge is 0.359 e. The van der Waals surface area contributed by atoms with E-state index in [4.69, 9.17) is 15.2 Å². The number of esters is 2. The molecule has 3 rings (SSSR count). The number of hydrogen-bond donors (Lipinski definition) is 1. The number of nitrogens with zero attached hydrogens (tertiary/aromatic N) is 2. The van der Waals surface area contributed by atoms with Gasteiger partial charge in [-0.25, -0.2) is 9.59 Å². The molecule has 2 N–H and O–H groups in total. The van der Waals surface area contributed by atoms with Gasteiger partial charge in [-0.2, -0.15) is 0 Å². The number of ether oxygens (including phenoxy) is 2. The van der Waals surface area contributed by atoms with Crippen LogP contribution in [0.15, 0.2) is 66.7 Å². The molecule has 7 heteroatoms. The summed E-state index contributed by atoms with van der Waals surface area (Å²) in [6, 6.07) is 19.6. The molecule has 7 nitrogen and oxygen atoms in total. The summed E-state index contributed by atoms with van der Waals surface area (Å²) in [6.45, 7) is 0.161. The molecule has 1 aromatic heterocycles. The van der Waals surface area contributed by atoms with E-state index >= 15 is 0 Å². The molecule has 0 saturated heterocycles. The molecule has 0 spiro atoms. The molecular weight excluding hydrogens is 346 g/mol. The predicted molar refractivity (Wildman–Crippen MR) is 97.6 cm³/mol. The summed E-state index contributed by atoms with van der Waals surface area (Å²) in [5.41, 5.74) is 7.20. The zero-order valence-corrected chi connectivity index (χ0v) is 14.4. The minimum Gasteiger partial charge on any atom is -0.457 e. The average molecular weight is 363 g/mol. The molecule has 0 radical (unpaired) electrons. The van der Waals surface area contributed by atoms with Crippen molar-refractivity contribution in [3.63, 3.8) is 0 Å². The van der Waals surface area contributed by atoms with Gasteiger partial charge in [0.05, 0.1) is 0 Å². The van der Waals surface area contributed by atoms with Crippen LogP contribution in [0.5, 0.6) is 0 Å². The number of aromatic nitrogens is 2. The van der Waals surface area contributed by atoms with Gasteiger partial charge < -0.3 is 15.2 Å². The van der Waals surface area contributed by atoms with Crippen LogP contribution in [0.2, 0.25) is 0 Å². The van der Waals surface area contributed by atoms with Gasteiger partial charge in [0.1, 0.15) is 18.8 Å². The normalized spacial score (nSPS) is 10.2. The molecule has 0 bridgehead atoms. The van der Waals surface area contributed by atoms with Crippen molar-refractivity contribution < 1.29 is 19.1 Å². The molecule has 0 atom stereocenters. The number of carbonyl (C=O) groups is 2. The fraction of sp³-hybridized carbons (Fsp3) is 0.100. The third kappa shape index (κ3) is 4.88. The maximum absolute atomic E-state index is 12.3. The van der Waals surface area contributed by atoms with Crippen LogP contribution in [-0.2, 0) is 22.7 Å². The Labute approximate surface area is 155 Å². The van der Waals surface area contributed by atoms with Crippen molar-refractivity contribution in [1.29, 1.82) is 0 Å². The van der Waals surface area contributed by atoms with E-state index in [0.29, 0.717) is 0 Å². The maximum atomic E-state index is 12.3. The van der Waals surface area contributed by atoms with E-state index in [0.717, 1.165) is 11.1 Å². The Balaban J connectivity index is 1.66. The van der Waals surface area contributed by atoms with Crippen LogP contribution < -0.4 is 5.73 Å². The molecule has 3 aromatic rings. The van der Waals surface area contributed by atoms with Crippen molar-refractivity contribution in [2.24, 2.45) is 0 Å². The maximum Gasteiger partial charge on any atom is 0.359 e. The Morgan fingerprint density at radius 1 is 0.778 bits per heavy atom. The third-order valence-electron chi connectivity index (χ3n) is 3.68. The van der Waals surface area contributed by atoms with Crippen molar-refractivity contribution in [2.75, 3.05) is 5.73 Å². The minimum absolute atomic E-state index is 0.0346. The molecule has 136 valence electrons. The van der Waals surface area contributed by atoms with Gasteiger partial charge >= 0.3 is 11.9 Å². The molecular formula is C20H17N3O4. The minimum atomic E-state index is -0.705. The van der Waals surface area contributed by atoms with Crippen LogP contribution in [0, 0.1) is 0 Å². The lowest BCUT2D eigenvalue weighted by Crippen LogP contribution is -2.15. The van der Waals surface area contributed by atoms with Crippen molar-refractivity contribution in [1.82, 2.24) is 10.2 Å². The van der Waals surface area contributed by atoms with Gasteiger partial charge in [-0.15, -0.1) is 10.2 Å². The van der Waals surface area contributed by atoms with E-state index in [1.807, 2.05) is 60.7 Å². The highest BCUT2D eigenvalue weighted by Gasteiger charge is 2.19. The molecule has 27 heavy (non-hydrogen) atoms. The van der Waals surface area contributed by atoms with Gasteiger partial charge in [0, 0.05) is 0 Å². The average Bonchev–Trinajstić information content (AvgIpc) is 2.72. The lowest BCUT2D eigenvalue weighted by Gasteiger charge is -2.08. The number of nitrogens with two attached hydrogens (primary N) is 1. The Bertz CT molecular complexity index is 930. The summed E-state index contributed by atoms with van der Waals surface area (Å²) in [7, 11) is 0. The van der Waals surface area contributed by atoms with Gasteiger partial charge in [-0.1, -0.05) is 60.7 Å². The first-order valence-electron chi connectivity index (χ1n) is 8.19. The largest absolute Gasteiger partial charge is 0.457 e. The van der Waals surface area contributed by atoms with Crippen LogP contribution >= 0.6 is 0 Å².